The molecule has 1 N–H and O–H groups in total. The fourth-order valence-corrected chi connectivity index (χ4v) is 3.14. The first-order valence-electron chi connectivity index (χ1n) is 9.63. The molecule has 1 amide bonds. The molecule has 4 nitrogen and oxygen atoms in total. The van der Waals surface area contributed by atoms with Crippen LogP contribution in [-0.2, 0) is 11.2 Å². The van der Waals surface area contributed by atoms with Crippen molar-refractivity contribution in [2.75, 3.05) is 20.6 Å². The van der Waals surface area contributed by atoms with Crippen molar-refractivity contribution in [2.45, 2.75) is 65.5 Å². The summed E-state index contributed by atoms with van der Waals surface area (Å²) in [5.74, 6) is 1.44. The maximum Gasteiger partial charge on any atom is 0.239 e. The molecule has 0 aromatic heterocycles. The summed E-state index contributed by atoms with van der Waals surface area (Å²) >= 11 is 0. The van der Waals surface area contributed by atoms with Crippen LogP contribution in [-0.4, -0.2) is 43.6 Å². The third-order valence-electron chi connectivity index (χ3n) is 4.67. The Bertz CT molecular complexity index is 512. The second-order valence-electron chi connectivity index (χ2n) is 6.98. The minimum atomic E-state index is -0.151. The van der Waals surface area contributed by atoms with Crippen molar-refractivity contribution in [3.8, 4) is 5.75 Å². The molecule has 2 atom stereocenters. The van der Waals surface area contributed by atoms with Gasteiger partial charge < -0.3 is 15.0 Å². The normalized spacial score (nSPS) is 13.6. The van der Waals surface area contributed by atoms with Gasteiger partial charge in [-0.25, -0.2) is 0 Å². The monoisotopic (exact) mass is 348 g/mol. The third-order valence-corrected chi connectivity index (χ3v) is 4.67. The molecule has 0 fully saturated rings. The number of aryl methyl sites for hydroxylation is 1. The zero-order valence-electron chi connectivity index (χ0n) is 16.8. The summed E-state index contributed by atoms with van der Waals surface area (Å²) in [6.45, 7) is 9.18. The van der Waals surface area contributed by atoms with Crippen LogP contribution < -0.4 is 10.1 Å². The number of rotatable bonds is 11. The highest BCUT2D eigenvalue weighted by Crippen LogP contribution is 2.21. The van der Waals surface area contributed by atoms with Gasteiger partial charge in [-0.3, -0.25) is 4.79 Å². The van der Waals surface area contributed by atoms with Crippen LogP contribution in [0, 0.1) is 5.92 Å². The van der Waals surface area contributed by atoms with E-state index in [1.54, 1.807) is 4.90 Å². The average Bonchev–Trinajstić information content (AvgIpc) is 2.59. The lowest BCUT2D eigenvalue weighted by molar-refractivity contribution is -0.132. The van der Waals surface area contributed by atoms with Gasteiger partial charge in [0, 0.05) is 20.6 Å². The molecule has 0 radical (unpaired) electrons. The first-order chi connectivity index (χ1) is 11.9. The summed E-state index contributed by atoms with van der Waals surface area (Å²) in [5, 5.41) is 3.46. The van der Waals surface area contributed by atoms with E-state index in [2.05, 4.69) is 45.1 Å². The van der Waals surface area contributed by atoms with Gasteiger partial charge in [-0.05, 0) is 30.9 Å². The van der Waals surface area contributed by atoms with E-state index in [-0.39, 0.29) is 18.1 Å². The highest BCUT2D eigenvalue weighted by Gasteiger charge is 2.27. The SMILES string of the molecule is CCCc1ccccc1O[C@H](C)CNC(C(=O)N(C)C)C(CC)CC. The molecule has 0 aliphatic carbocycles. The minimum absolute atomic E-state index is 0.00447. The molecular weight excluding hydrogens is 312 g/mol. The Morgan fingerprint density at radius 1 is 1.16 bits per heavy atom. The van der Waals surface area contributed by atoms with Crippen LogP contribution in [0.25, 0.3) is 0 Å². The van der Waals surface area contributed by atoms with Crippen molar-refractivity contribution in [3.63, 3.8) is 0 Å². The number of nitrogens with zero attached hydrogens (tertiary/aromatic N) is 1. The molecule has 0 aliphatic rings. The van der Waals surface area contributed by atoms with E-state index in [9.17, 15) is 4.79 Å². The molecule has 0 aliphatic heterocycles. The summed E-state index contributed by atoms with van der Waals surface area (Å²) in [4.78, 5) is 14.2. The van der Waals surface area contributed by atoms with Gasteiger partial charge in [0.1, 0.15) is 11.9 Å². The molecule has 1 aromatic rings. The summed E-state index contributed by atoms with van der Waals surface area (Å²) in [6.07, 6.45) is 4.10. The maximum absolute atomic E-state index is 12.5. The molecular formula is C21H36N2O2. The number of likely N-dealkylation sites (N-methyl/N-ethyl adjacent to an activating group) is 1. The predicted octanol–water partition coefficient (Wildman–Crippen LogP) is 3.89. The number of hydrogen-bond donors (Lipinski definition) is 1. The van der Waals surface area contributed by atoms with Crippen LogP contribution >= 0.6 is 0 Å². The number of para-hydroxylation sites is 1. The summed E-state index contributed by atoms with van der Waals surface area (Å²) in [6, 6.07) is 8.07. The molecule has 0 bridgehead atoms. The van der Waals surface area contributed by atoms with E-state index in [1.165, 1.54) is 5.56 Å². The smallest absolute Gasteiger partial charge is 0.239 e. The summed E-state index contributed by atoms with van der Waals surface area (Å²) in [7, 11) is 3.64. The molecule has 1 aromatic carbocycles. The maximum atomic E-state index is 12.5. The van der Waals surface area contributed by atoms with Crippen molar-refractivity contribution in [1.82, 2.24) is 10.2 Å². The van der Waals surface area contributed by atoms with Gasteiger partial charge in [0.05, 0.1) is 6.04 Å². The molecule has 25 heavy (non-hydrogen) atoms. The Kier molecular flexibility index (Phi) is 9.58. The number of carbonyl (C=O) groups is 1. The fraction of sp³-hybridized carbons (Fsp3) is 0.667. The highest BCUT2D eigenvalue weighted by atomic mass is 16.5. The fourth-order valence-electron chi connectivity index (χ4n) is 3.14. The van der Waals surface area contributed by atoms with E-state index < -0.39 is 0 Å². The molecule has 0 saturated heterocycles. The lowest BCUT2D eigenvalue weighted by Crippen LogP contribution is -2.50. The van der Waals surface area contributed by atoms with Crippen LogP contribution in [0.4, 0.5) is 0 Å². The third kappa shape index (κ3) is 6.69. The lowest BCUT2D eigenvalue weighted by atomic mass is 9.93. The lowest BCUT2D eigenvalue weighted by Gasteiger charge is -2.29. The van der Waals surface area contributed by atoms with E-state index in [4.69, 9.17) is 4.74 Å². The first kappa shape index (κ1) is 21.5. The number of amides is 1. The molecule has 0 heterocycles. The second-order valence-corrected chi connectivity index (χ2v) is 6.98. The highest BCUT2D eigenvalue weighted by molar-refractivity contribution is 5.81. The average molecular weight is 349 g/mol. The van der Waals surface area contributed by atoms with Crippen LogP contribution in [0.1, 0.15) is 52.5 Å². The Balaban J connectivity index is 2.71. The largest absolute Gasteiger partial charge is 0.489 e. The Hall–Kier alpha value is -1.55. The number of carbonyl (C=O) groups excluding carboxylic acids is 1. The van der Waals surface area contributed by atoms with Gasteiger partial charge in [-0.1, -0.05) is 58.2 Å². The molecule has 1 unspecified atom stereocenters. The summed E-state index contributed by atoms with van der Waals surface area (Å²) in [5.41, 5.74) is 1.25. The van der Waals surface area contributed by atoms with E-state index in [0.29, 0.717) is 12.5 Å². The zero-order chi connectivity index (χ0) is 18.8. The number of ether oxygens (including phenoxy) is 1. The quantitative estimate of drug-likeness (QED) is 0.660. The van der Waals surface area contributed by atoms with Gasteiger partial charge in [-0.15, -0.1) is 0 Å². The molecule has 0 saturated carbocycles. The molecule has 142 valence electrons. The van der Waals surface area contributed by atoms with Crippen molar-refractivity contribution in [1.29, 1.82) is 0 Å². The Labute approximate surface area is 153 Å². The van der Waals surface area contributed by atoms with Crippen LogP contribution in [0.3, 0.4) is 0 Å². The van der Waals surface area contributed by atoms with E-state index >= 15 is 0 Å². The van der Waals surface area contributed by atoms with E-state index in [0.717, 1.165) is 31.4 Å². The molecule has 1 rings (SSSR count). The van der Waals surface area contributed by atoms with Crippen molar-refractivity contribution >= 4 is 5.91 Å². The topological polar surface area (TPSA) is 41.6 Å². The van der Waals surface area contributed by atoms with Gasteiger partial charge in [0.25, 0.3) is 0 Å². The van der Waals surface area contributed by atoms with E-state index in [1.807, 2.05) is 26.2 Å². The number of hydrogen-bond acceptors (Lipinski definition) is 3. The van der Waals surface area contributed by atoms with Gasteiger partial charge in [0.15, 0.2) is 0 Å². The zero-order valence-corrected chi connectivity index (χ0v) is 16.8. The standard InChI is InChI=1S/C21H36N2O2/c1-7-12-18-13-10-11-14-19(18)25-16(4)15-22-20(17(8-2)9-3)21(24)23(5)6/h10-11,13-14,16-17,20,22H,7-9,12,15H2,1-6H3/t16-,20?/m1/s1. The van der Waals surface area contributed by atoms with Crippen LogP contribution in [0.5, 0.6) is 5.75 Å². The van der Waals surface area contributed by atoms with Crippen LogP contribution in [0.15, 0.2) is 24.3 Å². The number of benzene rings is 1. The van der Waals surface area contributed by atoms with Crippen molar-refractivity contribution in [2.24, 2.45) is 5.92 Å². The first-order valence-corrected chi connectivity index (χ1v) is 9.63. The van der Waals surface area contributed by atoms with Crippen molar-refractivity contribution in [3.05, 3.63) is 29.8 Å². The molecule has 4 heteroatoms. The Morgan fingerprint density at radius 2 is 1.80 bits per heavy atom. The van der Waals surface area contributed by atoms with Gasteiger partial charge in [-0.2, -0.15) is 0 Å². The van der Waals surface area contributed by atoms with Gasteiger partial charge in [0.2, 0.25) is 5.91 Å². The predicted molar refractivity (Wildman–Crippen MR) is 105 cm³/mol. The second kappa shape index (κ2) is 11.1. The van der Waals surface area contributed by atoms with Crippen LogP contribution in [0.2, 0.25) is 0 Å². The Morgan fingerprint density at radius 3 is 2.36 bits per heavy atom. The summed E-state index contributed by atoms with van der Waals surface area (Å²) < 4.78 is 6.15. The number of nitrogens with one attached hydrogen (secondary N) is 1. The van der Waals surface area contributed by atoms with Gasteiger partial charge >= 0.3 is 0 Å². The van der Waals surface area contributed by atoms with Crippen molar-refractivity contribution < 1.29 is 9.53 Å². The minimum Gasteiger partial charge on any atom is -0.489 e. The molecule has 0 spiro atoms.